The lowest BCUT2D eigenvalue weighted by Gasteiger charge is -2.80. The Labute approximate surface area is 317 Å². The van der Waals surface area contributed by atoms with Gasteiger partial charge in [0, 0.05) is 0 Å². The molecule has 0 aromatic heterocycles. The van der Waals surface area contributed by atoms with Gasteiger partial charge in [0.1, 0.15) is 0 Å². The summed E-state index contributed by atoms with van der Waals surface area (Å²) in [5.74, 6) is 0. The molecule has 0 spiro atoms. The van der Waals surface area contributed by atoms with Gasteiger partial charge in [-0.1, -0.05) is 225 Å². The quantitative estimate of drug-likeness (QED) is 0.246. The second kappa shape index (κ2) is 10.6. The third-order valence-corrected chi connectivity index (χ3v) is 24.8. The number of halogens is 8. The monoisotopic (exact) mass is 1070 g/mol. The fourth-order valence-corrected chi connectivity index (χ4v) is 16.7. The molecule has 4 fully saturated rings. The summed E-state index contributed by atoms with van der Waals surface area (Å²) in [6, 6.07) is 0. The second-order valence-electron chi connectivity index (χ2n) is 13.8. The first-order chi connectivity index (χ1) is 19.8. The summed E-state index contributed by atoms with van der Waals surface area (Å²) < 4.78 is -0.961. The Bertz CT molecular complexity index is 1170. The summed E-state index contributed by atoms with van der Waals surface area (Å²) in [7, 11) is 0. The summed E-state index contributed by atoms with van der Waals surface area (Å²) in [6.45, 7) is 0. The molecule has 4 bridgehead atoms. The summed E-state index contributed by atoms with van der Waals surface area (Å²) in [5.41, 5.74) is -0.148. The van der Waals surface area contributed by atoms with Gasteiger partial charge in [0.05, 0.1) is 36.6 Å². The van der Waals surface area contributed by atoms with Crippen LogP contribution in [0.15, 0.2) is 97.2 Å². The minimum atomic E-state index is -0.240. The fraction of sp³-hybridized carbons (Fsp3) is 0.529. The van der Waals surface area contributed by atoms with E-state index in [0.717, 1.165) is 38.5 Å². The molecule has 8 rings (SSSR count). The normalized spacial score (nSPS) is 57.0. The van der Waals surface area contributed by atoms with E-state index in [1.165, 1.54) is 0 Å². The van der Waals surface area contributed by atoms with Crippen molar-refractivity contribution in [2.75, 3.05) is 0 Å². The van der Waals surface area contributed by atoms with Crippen LogP contribution in [0.2, 0.25) is 0 Å². The average Bonchev–Trinajstić information content (AvgIpc) is 2.94. The second-order valence-corrected chi connectivity index (χ2v) is 23.0. The molecule has 4 saturated carbocycles. The topological polar surface area (TPSA) is 0 Å². The van der Waals surface area contributed by atoms with E-state index >= 15 is 0 Å². The van der Waals surface area contributed by atoms with Gasteiger partial charge in [0.2, 0.25) is 0 Å². The summed E-state index contributed by atoms with van der Waals surface area (Å²) in [6.07, 6.45) is 43.8. The van der Waals surface area contributed by atoms with Gasteiger partial charge in [-0.2, -0.15) is 0 Å². The van der Waals surface area contributed by atoms with Crippen LogP contribution in [0.5, 0.6) is 0 Å². The average molecular weight is 1080 g/mol. The smallest absolute Gasteiger partial charge is 0.0656 e. The lowest BCUT2D eigenvalue weighted by atomic mass is 9.28. The minimum absolute atomic E-state index is 0.0371. The van der Waals surface area contributed by atoms with E-state index in [1.54, 1.807) is 0 Å². The standard InChI is InChI=1S/C34H32Br8/c35-23-9-1-5-13-31(23,39)27-17-28(32(40)14-6-2-10-24(32)36)20-29(18-27,33(41)15-7-3-11-25(33)37)22-30(19-27,21-28)34(42)16-8-4-12-26(34)38/h1-16,23-26H,17-22H2. The Morgan fingerprint density at radius 2 is 0.524 bits per heavy atom. The first-order valence-electron chi connectivity index (χ1n) is 14.5. The highest BCUT2D eigenvalue weighted by atomic mass is 79.9. The fourth-order valence-electron chi connectivity index (χ4n) is 10.5. The Morgan fingerprint density at radius 1 is 0.333 bits per heavy atom. The van der Waals surface area contributed by atoms with Gasteiger partial charge in [-0.05, 0) is 60.2 Å². The Kier molecular flexibility index (Phi) is 8.18. The van der Waals surface area contributed by atoms with Crippen LogP contribution in [0.3, 0.4) is 0 Å². The van der Waals surface area contributed by atoms with Crippen LogP contribution in [0.1, 0.15) is 38.5 Å². The Morgan fingerprint density at radius 3 is 0.690 bits per heavy atom. The van der Waals surface area contributed by atoms with Crippen LogP contribution in [-0.4, -0.2) is 36.6 Å². The first kappa shape index (κ1) is 32.3. The lowest BCUT2D eigenvalue weighted by molar-refractivity contribution is -0.223. The van der Waals surface area contributed by atoms with Gasteiger partial charge in [0.15, 0.2) is 0 Å². The number of allylic oxidation sites excluding steroid dienone is 16. The van der Waals surface area contributed by atoms with Crippen LogP contribution < -0.4 is 0 Å². The highest BCUT2D eigenvalue weighted by molar-refractivity contribution is 9.13. The molecule has 0 aromatic rings. The van der Waals surface area contributed by atoms with Gasteiger partial charge < -0.3 is 0 Å². The van der Waals surface area contributed by atoms with E-state index < -0.39 is 0 Å². The van der Waals surface area contributed by atoms with E-state index in [1.807, 2.05) is 0 Å². The molecule has 0 radical (unpaired) electrons. The molecule has 0 heterocycles. The van der Waals surface area contributed by atoms with Crippen LogP contribution in [0.4, 0.5) is 0 Å². The van der Waals surface area contributed by atoms with Crippen molar-refractivity contribution in [2.45, 2.75) is 75.1 Å². The van der Waals surface area contributed by atoms with Crippen molar-refractivity contribution in [3.8, 4) is 0 Å². The van der Waals surface area contributed by atoms with Crippen molar-refractivity contribution in [3.63, 3.8) is 0 Å². The van der Waals surface area contributed by atoms with E-state index in [4.69, 9.17) is 0 Å². The molecule has 8 aliphatic carbocycles. The Balaban J connectivity index is 1.55. The molecule has 8 aliphatic rings. The van der Waals surface area contributed by atoms with Crippen molar-refractivity contribution in [3.05, 3.63) is 97.2 Å². The van der Waals surface area contributed by atoms with Crippen molar-refractivity contribution < 1.29 is 0 Å². The van der Waals surface area contributed by atoms with Crippen LogP contribution >= 0.6 is 127 Å². The number of hydrogen-bond donors (Lipinski definition) is 0. The molecule has 0 aromatic carbocycles. The predicted molar refractivity (Wildman–Crippen MR) is 208 cm³/mol. The van der Waals surface area contributed by atoms with Crippen LogP contribution in [0.25, 0.3) is 0 Å². The van der Waals surface area contributed by atoms with Crippen molar-refractivity contribution in [2.24, 2.45) is 21.7 Å². The van der Waals surface area contributed by atoms with E-state index in [0.29, 0.717) is 0 Å². The third kappa shape index (κ3) is 4.12. The Hall–Kier alpha value is 1.76. The molecule has 8 atom stereocenters. The number of hydrogen-bond acceptors (Lipinski definition) is 0. The zero-order chi connectivity index (χ0) is 29.9. The largest absolute Gasteiger partial charge is 0.0826 e. The lowest BCUT2D eigenvalue weighted by Crippen LogP contribution is -2.77. The molecular weight excluding hydrogens is 1050 g/mol. The SMILES string of the molecule is BrC1C=CC=CC1(Br)C12CC3(C4(Br)C=CC=CC4Br)CC(C4(Br)C=CC=CC4Br)(C1)CC(C1(Br)C=CC=CC1Br)(C2)C3. The van der Waals surface area contributed by atoms with Gasteiger partial charge in [-0.15, -0.1) is 0 Å². The number of rotatable bonds is 4. The molecule has 0 saturated heterocycles. The zero-order valence-electron chi connectivity index (χ0n) is 22.8. The molecule has 42 heavy (non-hydrogen) atoms. The third-order valence-electron chi connectivity index (χ3n) is 11.8. The molecular formula is C34H32Br8. The van der Waals surface area contributed by atoms with Crippen LogP contribution in [0, 0.1) is 21.7 Å². The van der Waals surface area contributed by atoms with E-state index in [-0.39, 0.29) is 58.3 Å². The van der Waals surface area contributed by atoms with Gasteiger partial charge in [-0.25, -0.2) is 0 Å². The molecule has 0 aliphatic heterocycles. The van der Waals surface area contributed by atoms with Crippen molar-refractivity contribution in [1.29, 1.82) is 0 Å². The molecule has 0 N–H and O–H groups in total. The summed E-state index contributed by atoms with van der Waals surface area (Å²) in [5, 5.41) is 0. The molecule has 224 valence electrons. The summed E-state index contributed by atoms with van der Waals surface area (Å²) in [4.78, 5) is 0.744. The van der Waals surface area contributed by atoms with Gasteiger partial charge in [-0.3, -0.25) is 0 Å². The van der Waals surface area contributed by atoms with Crippen LogP contribution in [-0.2, 0) is 0 Å². The van der Waals surface area contributed by atoms with E-state index in [2.05, 4.69) is 225 Å². The van der Waals surface area contributed by atoms with Crippen molar-refractivity contribution in [1.82, 2.24) is 0 Å². The summed E-state index contributed by atoms with van der Waals surface area (Å²) >= 11 is 34.9. The molecule has 0 amide bonds. The highest BCUT2D eigenvalue weighted by Crippen LogP contribution is 2.86. The van der Waals surface area contributed by atoms with Gasteiger partial charge >= 0.3 is 0 Å². The zero-order valence-corrected chi connectivity index (χ0v) is 35.5. The van der Waals surface area contributed by atoms with Crippen molar-refractivity contribution >= 4 is 127 Å². The van der Waals surface area contributed by atoms with E-state index in [9.17, 15) is 0 Å². The maximum atomic E-state index is 4.53. The number of alkyl halides is 8. The molecule has 8 heteroatoms. The molecule has 8 unspecified atom stereocenters. The van der Waals surface area contributed by atoms with Gasteiger partial charge in [0.25, 0.3) is 0 Å². The highest BCUT2D eigenvalue weighted by Gasteiger charge is 2.81. The molecule has 0 nitrogen and oxygen atoms in total. The first-order valence-corrected chi connectivity index (χ1v) is 21.3. The minimum Gasteiger partial charge on any atom is -0.0826 e. The maximum absolute atomic E-state index is 4.53. The maximum Gasteiger partial charge on any atom is 0.0656 e. The predicted octanol–water partition coefficient (Wildman–Crippen LogP) is 12.4.